The predicted octanol–water partition coefficient (Wildman–Crippen LogP) is 0.748. The molecular weight excluding hydrogens is 242 g/mol. The van der Waals surface area contributed by atoms with Crippen LogP contribution in [0.5, 0.6) is 0 Å². The monoisotopic (exact) mass is 261 g/mol. The van der Waals surface area contributed by atoms with Crippen LogP contribution in [0, 0.1) is 13.8 Å². The van der Waals surface area contributed by atoms with Crippen molar-refractivity contribution in [1.29, 1.82) is 0 Å². The van der Waals surface area contributed by atoms with E-state index < -0.39 is 0 Å². The normalized spacial score (nSPS) is 18.9. The SMILES string of the molecule is Cc1cc(C)n2c(C3(CN)CCOCC3)nnc2n1. The van der Waals surface area contributed by atoms with Gasteiger partial charge in [0, 0.05) is 36.6 Å². The van der Waals surface area contributed by atoms with Gasteiger partial charge < -0.3 is 10.5 Å². The highest BCUT2D eigenvalue weighted by molar-refractivity contribution is 5.35. The lowest BCUT2D eigenvalue weighted by molar-refractivity contribution is 0.0495. The molecule has 3 rings (SSSR count). The predicted molar refractivity (Wildman–Crippen MR) is 71.0 cm³/mol. The first-order chi connectivity index (χ1) is 9.16. The Kier molecular flexibility index (Phi) is 2.99. The number of ether oxygens (including phenoxy) is 1. The summed E-state index contributed by atoms with van der Waals surface area (Å²) >= 11 is 0. The van der Waals surface area contributed by atoms with Crippen molar-refractivity contribution in [2.75, 3.05) is 19.8 Å². The second-order valence-electron chi connectivity index (χ2n) is 5.29. The Labute approximate surface area is 112 Å². The van der Waals surface area contributed by atoms with Crippen molar-refractivity contribution in [3.05, 3.63) is 23.3 Å². The van der Waals surface area contributed by atoms with Gasteiger partial charge in [0.05, 0.1) is 0 Å². The van der Waals surface area contributed by atoms with Crippen LogP contribution in [0.15, 0.2) is 6.07 Å². The minimum Gasteiger partial charge on any atom is -0.381 e. The minimum atomic E-state index is -0.140. The van der Waals surface area contributed by atoms with E-state index in [1.54, 1.807) is 0 Å². The van der Waals surface area contributed by atoms with E-state index in [1.807, 2.05) is 17.4 Å². The fraction of sp³-hybridized carbons (Fsp3) is 0.615. The summed E-state index contributed by atoms with van der Waals surface area (Å²) in [6, 6.07) is 2.05. The van der Waals surface area contributed by atoms with Gasteiger partial charge in [-0.15, -0.1) is 10.2 Å². The smallest absolute Gasteiger partial charge is 0.255 e. The lowest BCUT2D eigenvalue weighted by Crippen LogP contribution is -2.42. The Morgan fingerprint density at radius 3 is 2.74 bits per heavy atom. The summed E-state index contributed by atoms with van der Waals surface area (Å²) in [6.45, 7) is 6.03. The van der Waals surface area contributed by atoms with Crippen LogP contribution in [0.25, 0.3) is 5.78 Å². The number of aryl methyl sites for hydroxylation is 2. The number of hydrogen-bond acceptors (Lipinski definition) is 5. The van der Waals surface area contributed by atoms with E-state index in [-0.39, 0.29) is 5.41 Å². The van der Waals surface area contributed by atoms with E-state index in [0.717, 1.165) is 43.3 Å². The van der Waals surface area contributed by atoms with Crippen LogP contribution in [0.3, 0.4) is 0 Å². The Bertz CT molecular complexity index is 600. The first-order valence-electron chi connectivity index (χ1n) is 6.64. The molecule has 0 atom stereocenters. The van der Waals surface area contributed by atoms with Crippen molar-refractivity contribution in [1.82, 2.24) is 19.6 Å². The fourth-order valence-electron chi connectivity index (χ4n) is 2.85. The lowest BCUT2D eigenvalue weighted by atomic mass is 9.79. The van der Waals surface area contributed by atoms with Crippen molar-refractivity contribution < 1.29 is 4.74 Å². The maximum atomic E-state index is 6.04. The molecule has 0 saturated carbocycles. The molecule has 0 aliphatic carbocycles. The number of rotatable bonds is 2. The first kappa shape index (κ1) is 12.5. The molecule has 0 aromatic carbocycles. The summed E-state index contributed by atoms with van der Waals surface area (Å²) < 4.78 is 7.49. The molecule has 2 aromatic rings. The van der Waals surface area contributed by atoms with Gasteiger partial charge in [-0.1, -0.05) is 0 Å². The van der Waals surface area contributed by atoms with E-state index in [0.29, 0.717) is 12.3 Å². The van der Waals surface area contributed by atoms with Gasteiger partial charge in [0.15, 0.2) is 0 Å². The van der Waals surface area contributed by atoms with Gasteiger partial charge in [-0.05, 0) is 32.8 Å². The van der Waals surface area contributed by atoms with Crippen LogP contribution in [-0.2, 0) is 10.2 Å². The summed E-state index contributed by atoms with van der Waals surface area (Å²) in [6.07, 6.45) is 1.77. The molecule has 1 aliphatic heterocycles. The Morgan fingerprint density at radius 1 is 1.32 bits per heavy atom. The zero-order valence-electron chi connectivity index (χ0n) is 11.4. The third kappa shape index (κ3) is 1.91. The van der Waals surface area contributed by atoms with Crippen LogP contribution in [0.2, 0.25) is 0 Å². The van der Waals surface area contributed by atoms with E-state index in [4.69, 9.17) is 10.5 Å². The topological polar surface area (TPSA) is 78.3 Å². The van der Waals surface area contributed by atoms with Crippen LogP contribution in [0.4, 0.5) is 0 Å². The zero-order chi connectivity index (χ0) is 13.5. The van der Waals surface area contributed by atoms with Gasteiger partial charge in [-0.3, -0.25) is 4.40 Å². The molecule has 0 unspecified atom stereocenters. The van der Waals surface area contributed by atoms with Gasteiger partial charge in [-0.2, -0.15) is 0 Å². The highest BCUT2D eigenvalue weighted by Crippen LogP contribution is 2.33. The number of hydrogen-bond donors (Lipinski definition) is 1. The second-order valence-corrected chi connectivity index (χ2v) is 5.29. The molecule has 1 fully saturated rings. The lowest BCUT2D eigenvalue weighted by Gasteiger charge is -2.34. The Balaban J connectivity index is 2.19. The zero-order valence-corrected chi connectivity index (χ0v) is 11.4. The van der Waals surface area contributed by atoms with E-state index in [2.05, 4.69) is 22.1 Å². The number of nitrogens with zero attached hydrogens (tertiary/aromatic N) is 4. The Hall–Kier alpha value is -1.53. The largest absolute Gasteiger partial charge is 0.381 e. The molecule has 6 nitrogen and oxygen atoms in total. The highest BCUT2D eigenvalue weighted by atomic mass is 16.5. The van der Waals surface area contributed by atoms with E-state index >= 15 is 0 Å². The van der Waals surface area contributed by atoms with Crippen molar-refractivity contribution in [3.8, 4) is 0 Å². The van der Waals surface area contributed by atoms with Gasteiger partial charge in [0.2, 0.25) is 0 Å². The molecule has 6 heteroatoms. The second kappa shape index (κ2) is 4.54. The standard InChI is InChI=1S/C13H19N5O/c1-9-7-10(2)18-11(16-17-12(18)15-9)13(8-14)3-5-19-6-4-13/h7H,3-6,8,14H2,1-2H3. The van der Waals surface area contributed by atoms with Crippen LogP contribution in [-0.4, -0.2) is 39.3 Å². The Morgan fingerprint density at radius 2 is 2.05 bits per heavy atom. The molecule has 0 amide bonds. The molecule has 0 spiro atoms. The first-order valence-corrected chi connectivity index (χ1v) is 6.64. The average Bonchev–Trinajstić information content (AvgIpc) is 2.84. The number of fused-ring (bicyclic) bond motifs is 1. The molecular formula is C13H19N5O. The molecule has 102 valence electrons. The van der Waals surface area contributed by atoms with Crippen LogP contribution in [0.1, 0.15) is 30.1 Å². The van der Waals surface area contributed by atoms with Crippen molar-refractivity contribution in [2.45, 2.75) is 32.1 Å². The fourth-order valence-corrected chi connectivity index (χ4v) is 2.85. The molecule has 1 aliphatic rings. The third-order valence-corrected chi connectivity index (χ3v) is 4.01. The summed E-state index contributed by atoms with van der Waals surface area (Å²) in [5.74, 6) is 1.59. The molecule has 3 heterocycles. The molecule has 0 radical (unpaired) electrons. The third-order valence-electron chi connectivity index (χ3n) is 4.01. The number of aromatic nitrogens is 4. The maximum absolute atomic E-state index is 6.04. The van der Waals surface area contributed by atoms with Gasteiger partial charge in [-0.25, -0.2) is 4.98 Å². The molecule has 1 saturated heterocycles. The summed E-state index contributed by atoms with van der Waals surface area (Å²) in [7, 11) is 0. The molecule has 19 heavy (non-hydrogen) atoms. The molecule has 2 aromatic heterocycles. The highest BCUT2D eigenvalue weighted by Gasteiger charge is 2.38. The number of nitrogens with two attached hydrogens (primary N) is 1. The van der Waals surface area contributed by atoms with Crippen molar-refractivity contribution in [2.24, 2.45) is 5.73 Å². The van der Waals surface area contributed by atoms with Gasteiger partial charge >= 0.3 is 0 Å². The molecule has 2 N–H and O–H groups in total. The summed E-state index contributed by atoms with van der Waals surface area (Å²) in [5, 5.41) is 8.59. The van der Waals surface area contributed by atoms with Crippen molar-refractivity contribution >= 4 is 5.78 Å². The van der Waals surface area contributed by atoms with Gasteiger partial charge in [0.1, 0.15) is 5.82 Å². The van der Waals surface area contributed by atoms with Crippen LogP contribution < -0.4 is 5.73 Å². The quantitative estimate of drug-likeness (QED) is 0.863. The van der Waals surface area contributed by atoms with Crippen molar-refractivity contribution in [3.63, 3.8) is 0 Å². The van der Waals surface area contributed by atoms with Crippen LogP contribution >= 0.6 is 0 Å². The molecule has 0 bridgehead atoms. The minimum absolute atomic E-state index is 0.140. The van der Waals surface area contributed by atoms with Gasteiger partial charge in [0.25, 0.3) is 5.78 Å². The summed E-state index contributed by atoms with van der Waals surface area (Å²) in [4.78, 5) is 4.43. The summed E-state index contributed by atoms with van der Waals surface area (Å²) in [5.41, 5.74) is 7.96. The maximum Gasteiger partial charge on any atom is 0.255 e. The van der Waals surface area contributed by atoms with E-state index in [9.17, 15) is 0 Å². The average molecular weight is 261 g/mol. The van der Waals surface area contributed by atoms with E-state index in [1.165, 1.54) is 0 Å².